The van der Waals surface area contributed by atoms with Crippen molar-refractivity contribution in [2.45, 2.75) is 20.2 Å². The van der Waals surface area contributed by atoms with Crippen LogP contribution in [-0.2, 0) is 0 Å². The first-order valence-corrected chi connectivity index (χ1v) is 8.75. The number of halogens is 3. The first kappa shape index (κ1) is 20.9. The number of hydrogen-bond donors (Lipinski definition) is 3. The lowest BCUT2D eigenvalue weighted by Gasteiger charge is -2.08. The second-order valence-corrected chi connectivity index (χ2v) is 6.44. The number of benzene rings is 2. The number of H-pyrrole nitrogens is 1. The van der Waals surface area contributed by atoms with Crippen LogP contribution in [0.2, 0.25) is 0 Å². The van der Waals surface area contributed by atoms with Crippen LogP contribution < -0.4 is 15.8 Å². The molecular formula is C20H18F3N5O2. The van der Waals surface area contributed by atoms with Crippen molar-refractivity contribution >= 4 is 34.0 Å². The van der Waals surface area contributed by atoms with E-state index in [1.165, 1.54) is 24.3 Å². The summed E-state index contributed by atoms with van der Waals surface area (Å²) >= 11 is 0. The third-order valence-corrected chi connectivity index (χ3v) is 3.99. The number of aromatic nitrogens is 1. The van der Waals surface area contributed by atoms with Crippen molar-refractivity contribution in [3.8, 4) is 5.75 Å². The second-order valence-electron chi connectivity index (χ2n) is 6.44. The van der Waals surface area contributed by atoms with E-state index in [0.29, 0.717) is 28.1 Å². The molecule has 0 unspecified atom stereocenters. The Kier molecular flexibility index (Phi) is 5.77. The Labute approximate surface area is 169 Å². The largest absolute Gasteiger partial charge is 0.573 e. The predicted octanol–water partition coefficient (Wildman–Crippen LogP) is 4.42. The van der Waals surface area contributed by atoms with E-state index in [0.717, 1.165) is 5.56 Å². The number of amidine groups is 1. The molecule has 0 aliphatic heterocycles. The number of anilines is 1. The van der Waals surface area contributed by atoms with Crippen LogP contribution in [0.5, 0.6) is 5.75 Å². The molecule has 1 heterocycles. The van der Waals surface area contributed by atoms with Gasteiger partial charge in [0.25, 0.3) is 5.91 Å². The maximum Gasteiger partial charge on any atom is 0.573 e. The first-order chi connectivity index (χ1) is 14.1. The zero-order chi connectivity index (χ0) is 21.9. The fourth-order valence-corrected chi connectivity index (χ4v) is 2.63. The molecule has 1 aromatic heterocycles. The number of carbonyl (C=O) groups is 1. The zero-order valence-corrected chi connectivity index (χ0v) is 16.0. The number of hydrogen-bond acceptors (Lipinski definition) is 4. The number of alkyl halides is 3. The van der Waals surface area contributed by atoms with Crippen LogP contribution in [-0.4, -0.2) is 28.8 Å². The molecule has 0 atom stereocenters. The van der Waals surface area contributed by atoms with Gasteiger partial charge in [-0.25, -0.2) is 0 Å². The van der Waals surface area contributed by atoms with Crippen LogP contribution in [0.3, 0.4) is 0 Å². The van der Waals surface area contributed by atoms with Crippen LogP contribution in [0.4, 0.5) is 18.9 Å². The molecule has 0 bridgehead atoms. The molecule has 156 valence electrons. The number of nitrogens with one attached hydrogen (secondary N) is 2. The number of ether oxygens (including phenoxy) is 1. The molecule has 0 saturated carbocycles. The van der Waals surface area contributed by atoms with Crippen molar-refractivity contribution in [3.05, 3.63) is 59.8 Å². The Morgan fingerprint density at radius 3 is 2.40 bits per heavy atom. The molecule has 7 nitrogen and oxygen atoms in total. The highest BCUT2D eigenvalue weighted by molar-refractivity contribution is 6.06. The van der Waals surface area contributed by atoms with Gasteiger partial charge >= 0.3 is 6.36 Å². The van der Waals surface area contributed by atoms with Gasteiger partial charge in [0.15, 0.2) is 0 Å². The quantitative estimate of drug-likeness (QED) is 0.325. The standard InChI is InChI=1S/C20H18F3N5O2/c1-11(27-28-12(2)24)13-3-5-15(6-4-13)25-19(29)18-10-14-9-16(30-20(21,22)23)7-8-17(14)26-18/h3-10,26H,1-2H3,(H2,24,28)(H,25,29)/b27-11-. The number of nitrogens with two attached hydrogens (primary N) is 1. The van der Waals surface area contributed by atoms with Gasteiger partial charge in [-0.15, -0.1) is 18.3 Å². The van der Waals surface area contributed by atoms with Crippen LogP contribution in [0.1, 0.15) is 29.9 Å². The molecular weight excluding hydrogens is 399 g/mol. The predicted molar refractivity (Wildman–Crippen MR) is 109 cm³/mol. The van der Waals surface area contributed by atoms with Gasteiger partial charge in [-0.05, 0) is 55.8 Å². The third kappa shape index (κ3) is 5.37. The molecule has 30 heavy (non-hydrogen) atoms. The molecule has 1 amide bonds. The highest BCUT2D eigenvalue weighted by Crippen LogP contribution is 2.27. The summed E-state index contributed by atoms with van der Waals surface area (Å²) in [6.07, 6.45) is -4.78. The summed E-state index contributed by atoms with van der Waals surface area (Å²) in [6.45, 7) is 3.41. The Morgan fingerprint density at radius 2 is 1.77 bits per heavy atom. The molecule has 2 aromatic carbocycles. The van der Waals surface area contributed by atoms with Crippen molar-refractivity contribution in [3.63, 3.8) is 0 Å². The Morgan fingerprint density at radius 1 is 1.07 bits per heavy atom. The van der Waals surface area contributed by atoms with Gasteiger partial charge in [-0.2, -0.15) is 5.10 Å². The number of fused-ring (bicyclic) bond motifs is 1. The van der Waals surface area contributed by atoms with Crippen LogP contribution in [0.25, 0.3) is 10.9 Å². The lowest BCUT2D eigenvalue weighted by molar-refractivity contribution is -0.274. The number of aromatic amines is 1. The number of rotatable bonds is 5. The zero-order valence-electron chi connectivity index (χ0n) is 16.0. The Bertz CT molecular complexity index is 1130. The summed E-state index contributed by atoms with van der Waals surface area (Å²) in [5.41, 5.74) is 8.16. The van der Waals surface area contributed by atoms with Gasteiger partial charge in [0.05, 0.1) is 5.71 Å². The van der Waals surface area contributed by atoms with Crippen molar-refractivity contribution in [2.75, 3.05) is 5.32 Å². The van der Waals surface area contributed by atoms with E-state index >= 15 is 0 Å². The first-order valence-electron chi connectivity index (χ1n) is 8.75. The minimum absolute atomic E-state index is 0.198. The number of nitrogens with zero attached hydrogens (tertiary/aromatic N) is 2. The molecule has 0 aliphatic carbocycles. The van der Waals surface area contributed by atoms with E-state index in [9.17, 15) is 18.0 Å². The normalized spacial score (nSPS) is 12.8. The van der Waals surface area contributed by atoms with Crippen molar-refractivity contribution < 1.29 is 22.7 Å². The highest BCUT2D eigenvalue weighted by atomic mass is 19.4. The molecule has 4 N–H and O–H groups in total. The van der Waals surface area contributed by atoms with Crippen LogP contribution in [0, 0.1) is 0 Å². The van der Waals surface area contributed by atoms with Crippen molar-refractivity contribution in [2.24, 2.45) is 15.9 Å². The SMILES string of the molecule is C/C(=N/N=C(\C)N)c1ccc(NC(=O)c2cc3cc(OC(F)(F)F)ccc3[nH]2)cc1. The molecule has 0 radical (unpaired) electrons. The summed E-state index contributed by atoms with van der Waals surface area (Å²) in [5.74, 6) is -0.456. The number of carbonyl (C=O) groups excluding carboxylic acids is 1. The van der Waals surface area contributed by atoms with E-state index in [4.69, 9.17) is 5.73 Å². The fourth-order valence-electron chi connectivity index (χ4n) is 2.63. The van der Waals surface area contributed by atoms with E-state index in [-0.39, 0.29) is 11.4 Å². The van der Waals surface area contributed by atoms with Gasteiger partial charge in [0, 0.05) is 16.6 Å². The Balaban J connectivity index is 1.73. The molecule has 0 aliphatic rings. The van der Waals surface area contributed by atoms with Gasteiger partial charge in [0.1, 0.15) is 17.3 Å². The monoisotopic (exact) mass is 417 g/mol. The van der Waals surface area contributed by atoms with Gasteiger partial charge in [-0.3, -0.25) is 4.79 Å². The summed E-state index contributed by atoms with van der Waals surface area (Å²) in [5, 5.41) is 10.9. The summed E-state index contributed by atoms with van der Waals surface area (Å²) in [7, 11) is 0. The van der Waals surface area contributed by atoms with E-state index in [1.54, 1.807) is 38.1 Å². The molecule has 3 rings (SSSR count). The third-order valence-electron chi connectivity index (χ3n) is 3.99. The van der Waals surface area contributed by atoms with E-state index in [2.05, 4.69) is 25.2 Å². The summed E-state index contributed by atoms with van der Waals surface area (Å²) in [6, 6.07) is 12.2. The Hall–Kier alpha value is -3.82. The molecule has 0 fully saturated rings. The fraction of sp³-hybridized carbons (Fsp3) is 0.150. The highest BCUT2D eigenvalue weighted by Gasteiger charge is 2.31. The molecule has 0 saturated heterocycles. The van der Waals surface area contributed by atoms with Crippen LogP contribution >= 0.6 is 0 Å². The minimum atomic E-state index is -4.78. The summed E-state index contributed by atoms with van der Waals surface area (Å²) < 4.78 is 41.0. The van der Waals surface area contributed by atoms with Gasteiger partial charge in [-0.1, -0.05) is 12.1 Å². The van der Waals surface area contributed by atoms with E-state index in [1.807, 2.05) is 0 Å². The topological polar surface area (TPSA) is 105 Å². The van der Waals surface area contributed by atoms with Gasteiger partial charge in [0.2, 0.25) is 0 Å². The minimum Gasteiger partial charge on any atom is -0.406 e. The van der Waals surface area contributed by atoms with Gasteiger partial charge < -0.3 is 20.8 Å². The molecule has 10 heteroatoms. The second kappa shape index (κ2) is 8.27. The van der Waals surface area contributed by atoms with Crippen molar-refractivity contribution in [1.29, 1.82) is 0 Å². The maximum atomic E-state index is 12.5. The lowest BCUT2D eigenvalue weighted by atomic mass is 10.1. The van der Waals surface area contributed by atoms with Crippen LogP contribution in [0.15, 0.2) is 58.7 Å². The van der Waals surface area contributed by atoms with Crippen molar-refractivity contribution in [1.82, 2.24) is 4.98 Å². The smallest absolute Gasteiger partial charge is 0.406 e. The molecule has 0 spiro atoms. The maximum absolute atomic E-state index is 12.5. The average molecular weight is 417 g/mol. The lowest BCUT2D eigenvalue weighted by Crippen LogP contribution is -2.16. The summed E-state index contributed by atoms with van der Waals surface area (Å²) in [4.78, 5) is 15.4. The number of amides is 1. The van der Waals surface area contributed by atoms with E-state index < -0.39 is 12.3 Å². The average Bonchev–Trinajstić information content (AvgIpc) is 3.09. The molecule has 3 aromatic rings.